The lowest BCUT2D eigenvalue weighted by atomic mass is 10.1. The van der Waals surface area contributed by atoms with Crippen LogP contribution in [0.25, 0.3) is 0 Å². The van der Waals surface area contributed by atoms with Crippen LogP contribution >= 0.6 is 11.8 Å². The Morgan fingerprint density at radius 2 is 1.95 bits per heavy atom. The zero-order valence-electron chi connectivity index (χ0n) is 12.6. The van der Waals surface area contributed by atoms with Gasteiger partial charge in [0, 0.05) is 24.2 Å². The normalized spacial score (nSPS) is 11.2. The molecule has 112 valence electrons. The summed E-state index contributed by atoms with van der Waals surface area (Å²) in [6.45, 7) is 6.35. The number of benzene rings is 1. The van der Waals surface area contributed by atoms with Crippen LogP contribution in [0, 0.1) is 6.92 Å². The minimum absolute atomic E-state index is 0.156. The van der Waals surface area contributed by atoms with Gasteiger partial charge in [-0.25, -0.2) is 4.79 Å². The van der Waals surface area contributed by atoms with Crippen molar-refractivity contribution in [3.63, 3.8) is 0 Å². The zero-order valence-corrected chi connectivity index (χ0v) is 13.5. The molecule has 0 saturated carbocycles. The van der Waals surface area contributed by atoms with Crippen molar-refractivity contribution in [1.82, 2.24) is 10.2 Å². The number of urea groups is 1. The van der Waals surface area contributed by atoms with Crippen molar-refractivity contribution in [1.29, 1.82) is 0 Å². The highest BCUT2D eigenvalue weighted by Gasteiger charge is 2.18. The molecule has 1 aromatic carbocycles. The Bertz CT molecular complexity index is 426. The maximum absolute atomic E-state index is 11.8. The number of likely N-dealkylation sites (N-methyl/N-ethyl adjacent to an activating group) is 1. The van der Waals surface area contributed by atoms with E-state index in [2.05, 4.69) is 36.5 Å². The van der Waals surface area contributed by atoms with Crippen LogP contribution in [-0.2, 0) is 0 Å². The average molecular weight is 296 g/mol. The monoisotopic (exact) mass is 296 g/mol. The van der Waals surface area contributed by atoms with E-state index in [1.807, 2.05) is 0 Å². The van der Waals surface area contributed by atoms with E-state index in [1.54, 1.807) is 32.7 Å². The van der Waals surface area contributed by atoms with Crippen LogP contribution in [-0.4, -0.2) is 47.5 Å². The molecule has 20 heavy (non-hydrogen) atoms. The summed E-state index contributed by atoms with van der Waals surface area (Å²) in [7, 11) is 1.68. The lowest BCUT2D eigenvalue weighted by Gasteiger charge is -2.25. The van der Waals surface area contributed by atoms with Crippen LogP contribution in [0.3, 0.4) is 0 Å². The van der Waals surface area contributed by atoms with Crippen molar-refractivity contribution in [3.05, 3.63) is 29.8 Å². The Morgan fingerprint density at radius 1 is 1.35 bits per heavy atom. The first-order chi connectivity index (χ1) is 9.28. The van der Waals surface area contributed by atoms with Crippen LogP contribution in [0.1, 0.15) is 19.4 Å². The molecule has 0 spiro atoms. The number of aliphatic hydroxyl groups is 1. The predicted octanol–water partition coefficient (Wildman–Crippen LogP) is 2.50. The van der Waals surface area contributed by atoms with E-state index in [9.17, 15) is 9.90 Å². The first-order valence-corrected chi connectivity index (χ1v) is 7.67. The summed E-state index contributed by atoms with van der Waals surface area (Å²) in [4.78, 5) is 14.5. The van der Waals surface area contributed by atoms with Crippen LogP contribution in [0.2, 0.25) is 0 Å². The maximum Gasteiger partial charge on any atom is 0.317 e. The smallest absolute Gasteiger partial charge is 0.317 e. The maximum atomic E-state index is 11.8. The highest BCUT2D eigenvalue weighted by atomic mass is 32.2. The number of amides is 2. The van der Waals surface area contributed by atoms with Crippen LogP contribution in [0.4, 0.5) is 4.79 Å². The second-order valence-corrected chi connectivity index (χ2v) is 6.73. The van der Waals surface area contributed by atoms with E-state index in [-0.39, 0.29) is 6.03 Å². The van der Waals surface area contributed by atoms with Gasteiger partial charge in [0.1, 0.15) is 0 Å². The molecule has 0 aliphatic heterocycles. The molecule has 0 atom stereocenters. The Balaban J connectivity index is 2.23. The molecule has 2 amide bonds. The fourth-order valence-electron chi connectivity index (χ4n) is 1.75. The van der Waals surface area contributed by atoms with Gasteiger partial charge in [-0.3, -0.25) is 0 Å². The second-order valence-electron chi connectivity index (χ2n) is 5.56. The molecule has 0 heterocycles. The molecule has 0 aliphatic rings. The summed E-state index contributed by atoms with van der Waals surface area (Å²) in [6.07, 6.45) is 0. The Labute approximate surface area is 125 Å². The summed E-state index contributed by atoms with van der Waals surface area (Å²) in [5.74, 6) is 0.825. The van der Waals surface area contributed by atoms with Crippen molar-refractivity contribution < 1.29 is 9.90 Å². The van der Waals surface area contributed by atoms with E-state index in [1.165, 1.54) is 15.4 Å². The number of rotatable bonds is 6. The van der Waals surface area contributed by atoms with E-state index in [4.69, 9.17) is 0 Å². The number of nitrogens with one attached hydrogen (secondary N) is 1. The molecule has 0 aromatic heterocycles. The lowest BCUT2D eigenvalue weighted by Crippen LogP contribution is -2.45. The Morgan fingerprint density at radius 3 is 2.50 bits per heavy atom. The molecule has 0 aliphatic carbocycles. The van der Waals surface area contributed by atoms with Crippen molar-refractivity contribution >= 4 is 17.8 Å². The second kappa shape index (κ2) is 7.55. The van der Waals surface area contributed by atoms with Crippen LogP contribution in [0.15, 0.2) is 29.2 Å². The molecule has 4 nitrogen and oxygen atoms in total. The van der Waals surface area contributed by atoms with Gasteiger partial charge >= 0.3 is 6.03 Å². The number of aryl methyl sites for hydroxylation is 1. The van der Waals surface area contributed by atoms with E-state index in [0.29, 0.717) is 13.1 Å². The predicted molar refractivity (Wildman–Crippen MR) is 84.2 cm³/mol. The third kappa shape index (κ3) is 6.82. The molecule has 5 heteroatoms. The number of hydrogen-bond acceptors (Lipinski definition) is 3. The molecular weight excluding hydrogens is 272 g/mol. The fraction of sp³-hybridized carbons (Fsp3) is 0.533. The Hall–Kier alpha value is -1.20. The van der Waals surface area contributed by atoms with Crippen LogP contribution in [0.5, 0.6) is 0 Å². The lowest BCUT2D eigenvalue weighted by molar-refractivity contribution is 0.0533. The summed E-state index contributed by atoms with van der Waals surface area (Å²) in [6, 6.07) is 8.18. The zero-order chi connectivity index (χ0) is 15.2. The first kappa shape index (κ1) is 16.9. The minimum atomic E-state index is -0.872. The highest BCUT2D eigenvalue weighted by molar-refractivity contribution is 7.99. The van der Waals surface area contributed by atoms with Crippen molar-refractivity contribution in [2.24, 2.45) is 0 Å². The molecule has 0 radical (unpaired) electrons. The molecular formula is C15H24N2O2S. The largest absolute Gasteiger partial charge is 0.389 e. The standard InChI is InChI=1S/C15H24N2O2S/c1-12-5-7-13(8-6-12)20-10-9-16-14(18)17(4)11-15(2,3)19/h5-8,19H,9-11H2,1-4H3,(H,16,18). The summed E-state index contributed by atoms with van der Waals surface area (Å²) >= 11 is 1.71. The van der Waals surface area contributed by atoms with Crippen molar-refractivity contribution in [2.45, 2.75) is 31.3 Å². The van der Waals surface area contributed by atoms with Gasteiger partial charge in [-0.15, -0.1) is 11.8 Å². The molecule has 0 bridgehead atoms. The topological polar surface area (TPSA) is 52.6 Å². The summed E-state index contributed by atoms with van der Waals surface area (Å²) < 4.78 is 0. The van der Waals surface area contributed by atoms with E-state index >= 15 is 0 Å². The Kier molecular flexibility index (Phi) is 6.36. The van der Waals surface area contributed by atoms with Crippen molar-refractivity contribution in [2.75, 3.05) is 25.9 Å². The average Bonchev–Trinajstić information content (AvgIpc) is 2.34. The molecule has 0 saturated heterocycles. The SMILES string of the molecule is Cc1ccc(SCCNC(=O)N(C)CC(C)(C)O)cc1. The van der Waals surface area contributed by atoms with E-state index < -0.39 is 5.60 Å². The number of nitrogens with zero attached hydrogens (tertiary/aromatic N) is 1. The fourth-order valence-corrected chi connectivity index (χ4v) is 2.52. The van der Waals surface area contributed by atoms with Crippen molar-refractivity contribution in [3.8, 4) is 0 Å². The highest BCUT2D eigenvalue weighted by Crippen LogP contribution is 2.17. The van der Waals surface area contributed by atoms with Gasteiger partial charge in [-0.05, 0) is 32.9 Å². The third-order valence-electron chi connectivity index (χ3n) is 2.64. The van der Waals surface area contributed by atoms with Gasteiger partial charge in [-0.1, -0.05) is 17.7 Å². The van der Waals surface area contributed by atoms with Gasteiger partial charge in [0.25, 0.3) is 0 Å². The number of carbonyl (C=O) groups excluding carboxylic acids is 1. The summed E-state index contributed by atoms with van der Waals surface area (Å²) in [5, 5.41) is 12.5. The number of thioether (sulfide) groups is 1. The quantitative estimate of drug-likeness (QED) is 0.626. The van der Waals surface area contributed by atoms with Gasteiger partial charge in [-0.2, -0.15) is 0 Å². The molecule has 1 rings (SSSR count). The van der Waals surface area contributed by atoms with Gasteiger partial charge in [0.2, 0.25) is 0 Å². The first-order valence-electron chi connectivity index (χ1n) is 6.69. The van der Waals surface area contributed by atoms with E-state index in [0.717, 1.165) is 5.75 Å². The molecule has 2 N–H and O–H groups in total. The number of carbonyl (C=O) groups is 1. The third-order valence-corrected chi connectivity index (χ3v) is 3.65. The van der Waals surface area contributed by atoms with Crippen LogP contribution < -0.4 is 5.32 Å². The number of hydrogen-bond donors (Lipinski definition) is 2. The van der Waals surface area contributed by atoms with Gasteiger partial charge < -0.3 is 15.3 Å². The molecule has 0 fully saturated rings. The van der Waals surface area contributed by atoms with Gasteiger partial charge in [0.15, 0.2) is 0 Å². The van der Waals surface area contributed by atoms with Gasteiger partial charge in [0.05, 0.1) is 12.1 Å². The minimum Gasteiger partial charge on any atom is -0.389 e. The molecule has 1 aromatic rings. The summed E-state index contributed by atoms with van der Waals surface area (Å²) in [5.41, 5.74) is 0.374. The molecule has 0 unspecified atom stereocenters.